The molecule has 2 amide bonds. The summed E-state index contributed by atoms with van der Waals surface area (Å²) in [5, 5.41) is 2.78. The standard InChI is InChI=1S/C16H22N4O3/c1-11(2)23-14-7-12(15(9-18-3)22-10-17)6-13(8-14)20-5-4-19-16(20)21/h6-9,11H,3-5,10,17H2,1-2H3,(H,19,21)/b15-9-. The molecule has 1 saturated heterocycles. The van der Waals surface area contributed by atoms with Crippen LogP contribution in [0.1, 0.15) is 19.4 Å². The van der Waals surface area contributed by atoms with Gasteiger partial charge in [0.2, 0.25) is 0 Å². The topological polar surface area (TPSA) is 89.2 Å². The number of urea groups is 1. The Morgan fingerprint density at radius 2 is 2.30 bits per heavy atom. The van der Waals surface area contributed by atoms with Crippen LogP contribution in [0.2, 0.25) is 0 Å². The van der Waals surface area contributed by atoms with E-state index in [9.17, 15) is 4.79 Å². The monoisotopic (exact) mass is 318 g/mol. The van der Waals surface area contributed by atoms with Crippen LogP contribution in [0.4, 0.5) is 10.5 Å². The molecule has 0 spiro atoms. The maximum absolute atomic E-state index is 11.9. The van der Waals surface area contributed by atoms with E-state index in [0.717, 1.165) is 11.3 Å². The van der Waals surface area contributed by atoms with Crippen LogP contribution in [-0.2, 0) is 4.74 Å². The van der Waals surface area contributed by atoms with Crippen molar-refractivity contribution in [2.45, 2.75) is 20.0 Å². The molecule has 0 atom stereocenters. The van der Waals surface area contributed by atoms with E-state index in [4.69, 9.17) is 15.2 Å². The Morgan fingerprint density at radius 1 is 1.52 bits per heavy atom. The lowest BCUT2D eigenvalue weighted by Gasteiger charge is -2.19. The molecule has 7 nitrogen and oxygen atoms in total. The molecule has 124 valence electrons. The highest BCUT2D eigenvalue weighted by molar-refractivity contribution is 5.94. The first-order valence-electron chi connectivity index (χ1n) is 7.41. The fourth-order valence-electron chi connectivity index (χ4n) is 2.31. The summed E-state index contributed by atoms with van der Waals surface area (Å²) in [6.07, 6.45) is 1.49. The quantitative estimate of drug-likeness (QED) is 0.457. The Morgan fingerprint density at radius 3 is 2.87 bits per heavy atom. The molecule has 1 fully saturated rings. The fourth-order valence-corrected chi connectivity index (χ4v) is 2.31. The average molecular weight is 318 g/mol. The van der Waals surface area contributed by atoms with Gasteiger partial charge in [-0.1, -0.05) is 0 Å². The molecule has 1 aromatic carbocycles. The predicted octanol–water partition coefficient (Wildman–Crippen LogP) is 1.94. The van der Waals surface area contributed by atoms with Gasteiger partial charge >= 0.3 is 6.03 Å². The minimum absolute atomic E-state index is 0.00545. The molecular weight excluding hydrogens is 296 g/mol. The Balaban J connectivity index is 2.45. The summed E-state index contributed by atoms with van der Waals surface area (Å²) in [5.74, 6) is 1.11. The third-order valence-corrected chi connectivity index (χ3v) is 3.16. The number of rotatable bonds is 7. The molecular formula is C16H22N4O3. The molecule has 0 unspecified atom stereocenters. The number of nitrogens with two attached hydrogens (primary N) is 1. The Kier molecular flexibility index (Phi) is 5.59. The van der Waals surface area contributed by atoms with Gasteiger partial charge in [-0.05, 0) is 32.7 Å². The summed E-state index contributed by atoms with van der Waals surface area (Å²) in [6, 6.07) is 5.36. The Labute approximate surface area is 135 Å². The second-order valence-corrected chi connectivity index (χ2v) is 5.25. The van der Waals surface area contributed by atoms with Crippen LogP contribution < -0.4 is 20.7 Å². The van der Waals surface area contributed by atoms with Crippen molar-refractivity contribution in [2.24, 2.45) is 10.7 Å². The van der Waals surface area contributed by atoms with Gasteiger partial charge in [0.05, 0.1) is 12.3 Å². The van der Waals surface area contributed by atoms with Gasteiger partial charge in [0, 0.05) is 30.4 Å². The zero-order chi connectivity index (χ0) is 16.8. The van der Waals surface area contributed by atoms with Crippen molar-refractivity contribution in [3.8, 4) is 5.75 Å². The van der Waals surface area contributed by atoms with Gasteiger partial charge in [-0.15, -0.1) is 0 Å². The molecule has 1 aliphatic rings. The van der Waals surface area contributed by atoms with Gasteiger partial charge < -0.3 is 14.8 Å². The zero-order valence-electron chi connectivity index (χ0n) is 13.4. The minimum Gasteiger partial charge on any atom is -0.491 e. The lowest BCUT2D eigenvalue weighted by atomic mass is 10.1. The highest BCUT2D eigenvalue weighted by Gasteiger charge is 2.23. The van der Waals surface area contributed by atoms with Crippen molar-refractivity contribution in [2.75, 3.05) is 24.7 Å². The second kappa shape index (κ2) is 7.64. The van der Waals surface area contributed by atoms with Crippen LogP contribution in [0.15, 0.2) is 29.4 Å². The average Bonchev–Trinajstić information content (AvgIpc) is 2.92. The number of carbonyl (C=O) groups is 1. The van der Waals surface area contributed by atoms with Crippen LogP contribution in [0.25, 0.3) is 5.76 Å². The van der Waals surface area contributed by atoms with Crippen molar-refractivity contribution < 1.29 is 14.3 Å². The first-order chi connectivity index (χ1) is 11.0. The normalized spacial score (nSPS) is 14.9. The molecule has 1 aromatic rings. The van der Waals surface area contributed by atoms with Crippen molar-refractivity contribution in [3.05, 3.63) is 30.0 Å². The molecule has 1 aliphatic heterocycles. The summed E-state index contributed by atoms with van der Waals surface area (Å²) in [6.45, 7) is 8.53. The number of hydrogen-bond donors (Lipinski definition) is 2. The van der Waals surface area contributed by atoms with Crippen LogP contribution in [-0.4, -0.2) is 38.7 Å². The number of carbonyl (C=O) groups excluding carboxylic acids is 1. The molecule has 7 heteroatoms. The van der Waals surface area contributed by atoms with Crippen LogP contribution in [0, 0.1) is 0 Å². The van der Waals surface area contributed by atoms with Crippen molar-refractivity contribution in [3.63, 3.8) is 0 Å². The summed E-state index contributed by atoms with van der Waals surface area (Å²) in [5.41, 5.74) is 6.91. The number of ether oxygens (including phenoxy) is 2. The summed E-state index contributed by atoms with van der Waals surface area (Å²) in [7, 11) is 0. The van der Waals surface area contributed by atoms with E-state index in [0.29, 0.717) is 24.6 Å². The van der Waals surface area contributed by atoms with Gasteiger partial charge in [0.25, 0.3) is 0 Å². The lowest BCUT2D eigenvalue weighted by Crippen LogP contribution is -2.27. The van der Waals surface area contributed by atoms with E-state index >= 15 is 0 Å². The Bertz CT molecular complexity index is 613. The minimum atomic E-state index is -0.134. The maximum atomic E-state index is 11.9. The van der Waals surface area contributed by atoms with Crippen LogP contribution >= 0.6 is 0 Å². The van der Waals surface area contributed by atoms with Crippen molar-refractivity contribution >= 4 is 24.2 Å². The number of aliphatic imine (C=N–C) groups is 1. The van der Waals surface area contributed by atoms with E-state index in [-0.39, 0.29) is 18.9 Å². The van der Waals surface area contributed by atoms with Crippen molar-refractivity contribution in [1.82, 2.24) is 5.32 Å². The maximum Gasteiger partial charge on any atom is 0.321 e. The van der Waals surface area contributed by atoms with Gasteiger partial charge in [0.15, 0.2) is 0 Å². The van der Waals surface area contributed by atoms with Crippen molar-refractivity contribution in [1.29, 1.82) is 0 Å². The van der Waals surface area contributed by atoms with Crippen LogP contribution in [0.3, 0.4) is 0 Å². The van der Waals surface area contributed by atoms with Gasteiger partial charge in [0.1, 0.15) is 18.2 Å². The molecule has 0 aromatic heterocycles. The molecule has 23 heavy (non-hydrogen) atoms. The number of nitrogens with zero attached hydrogens (tertiary/aromatic N) is 2. The number of anilines is 1. The molecule has 0 bridgehead atoms. The smallest absolute Gasteiger partial charge is 0.321 e. The molecule has 0 aliphatic carbocycles. The van der Waals surface area contributed by atoms with E-state index in [1.807, 2.05) is 32.0 Å². The van der Waals surface area contributed by atoms with Gasteiger partial charge in [-0.3, -0.25) is 15.6 Å². The van der Waals surface area contributed by atoms with Gasteiger partial charge in [-0.25, -0.2) is 4.79 Å². The summed E-state index contributed by atoms with van der Waals surface area (Å²) in [4.78, 5) is 17.3. The Hall–Kier alpha value is -2.54. The first kappa shape index (κ1) is 16.8. The lowest BCUT2D eigenvalue weighted by molar-refractivity contribution is 0.242. The van der Waals surface area contributed by atoms with E-state index in [1.54, 1.807) is 4.90 Å². The zero-order valence-corrected chi connectivity index (χ0v) is 13.4. The molecule has 3 N–H and O–H groups in total. The van der Waals surface area contributed by atoms with E-state index in [1.165, 1.54) is 6.20 Å². The predicted molar refractivity (Wildman–Crippen MR) is 90.6 cm³/mol. The third kappa shape index (κ3) is 4.23. The number of amides is 2. The van der Waals surface area contributed by atoms with Gasteiger partial charge in [-0.2, -0.15) is 0 Å². The second-order valence-electron chi connectivity index (χ2n) is 5.25. The first-order valence-corrected chi connectivity index (χ1v) is 7.41. The molecule has 1 heterocycles. The van der Waals surface area contributed by atoms with E-state index in [2.05, 4.69) is 17.0 Å². The molecule has 2 rings (SSSR count). The van der Waals surface area contributed by atoms with E-state index < -0.39 is 0 Å². The molecule has 0 saturated carbocycles. The highest BCUT2D eigenvalue weighted by atomic mass is 16.5. The molecule has 0 radical (unpaired) electrons. The fraction of sp³-hybridized carbons (Fsp3) is 0.375. The number of benzene rings is 1. The summed E-state index contributed by atoms with van der Waals surface area (Å²) >= 11 is 0. The SMILES string of the molecule is C=N/C=C(\OCN)c1cc(OC(C)C)cc(N2CCNC2=O)c1. The third-order valence-electron chi connectivity index (χ3n) is 3.16. The highest BCUT2D eigenvalue weighted by Crippen LogP contribution is 2.30. The summed E-state index contributed by atoms with van der Waals surface area (Å²) < 4.78 is 11.2. The van der Waals surface area contributed by atoms with Crippen LogP contribution in [0.5, 0.6) is 5.75 Å². The number of nitrogens with one attached hydrogen (secondary N) is 1. The largest absolute Gasteiger partial charge is 0.491 e. The number of hydrogen-bond acceptors (Lipinski definition) is 5.